The minimum atomic E-state index is -3.91. The molecule has 1 aromatic rings. The molecule has 21 heavy (non-hydrogen) atoms. The number of sulfonamides is 1. The third-order valence-electron chi connectivity index (χ3n) is 2.90. The second-order valence-corrected chi connectivity index (χ2v) is 7.30. The quantitative estimate of drug-likeness (QED) is 0.779. The summed E-state index contributed by atoms with van der Waals surface area (Å²) in [6.07, 6.45) is 2.11. The molecule has 1 unspecified atom stereocenters. The predicted molar refractivity (Wildman–Crippen MR) is 84.6 cm³/mol. The largest absolute Gasteiger partial charge is 0.272 e. The van der Waals surface area contributed by atoms with Crippen molar-refractivity contribution in [2.24, 2.45) is 4.99 Å². The van der Waals surface area contributed by atoms with E-state index in [1.54, 1.807) is 24.3 Å². The minimum absolute atomic E-state index is 0.0852. The molecule has 2 rings (SSSR count). The molecule has 5 nitrogen and oxygen atoms in total. The lowest BCUT2D eigenvalue weighted by Gasteiger charge is -2.16. The zero-order chi connectivity index (χ0) is 15.5. The van der Waals surface area contributed by atoms with E-state index in [0.29, 0.717) is 6.42 Å². The first-order valence-electron chi connectivity index (χ1n) is 6.48. The van der Waals surface area contributed by atoms with Crippen molar-refractivity contribution >= 4 is 32.9 Å². The van der Waals surface area contributed by atoms with E-state index in [1.807, 2.05) is 6.92 Å². The van der Waals surface area contributed by atoms with Crippen molar-refractivity contribution < 1.29 is 13.2 Å². The van der Waals surface area contributed by atoms with E-state index in [-0.39, 0.29) is 16.6 Å². The predicted octanol–water partition coefficient (Wildman–Crippen LogP) is 2.27. The first kappa shape index (κ1) is 15.8. The molecule has 0 N–H and O–H groups in total. The van der Waals surface area contributed by atoms with Crippen molar-refractivity contribution in [1.29, 1.82) is 0 Å². The number of aliphatic imine (C=N–C) groups is 1. The fourth-order valence-corrected chi connectivity index (χ4v) is 4.66. The SMILES string of the molecule is C=CCN=C1SC(CC)C(=O)N1S(=O)(=O)c1ccccc1. The standard InChI is InChI=1S/C14H16N2O3S2/c1-3-10-15-14-16(13(17)12(4-2)20-14)21(18,19)11-8-6-5-7-9-11/h3,5-9,12H,1,4,10H2,2H3. The van der Waals surface area contributed by atoms with Gasteiger partial charge in [-0.05, 0) is 18.6 Å². The third-order valence-corrected chi connectivity index (χ3v) is 6.06. The Balaban J connectivity index is 2.47. The van der Waals surface area contributed by atoms with Gasteiger partial charge in [-0.2, -0.15) is 4.31 Å². The molecule has 1 atom stereocenters. The van der Waals surface area contributed by atoms with E-state index in [9.17, 15) is 13.2 Å². The third kappa shape index (κ3) is 3.03. The summed E-state index contributed by atoms with van der Waals surface area (Å²) in [4.78, 5) is 16.6. The Labute approximate surface area is 128 Å². The molecule has 1 amide bonds. The fourth-order valence-electron chi connectivity index (χ4n) is 1.87. The van der Waals surface area contributed by atoms with Crippen molar-refractivity contribution in [3.8, 4) is 0 Å². The van der Waals surface area contributed by atoms with Gasteiger partial charge in [-0.1, -0.05) is 43.0 Å². The van der Waals surface area contributed by atoms with Gasteiger partial charge in [0.25, 0.3) is 15.9 Å². The number of thioether (sulfide) groups is 1. The van der Waals surface area contributed by atoms with Crippen LogP contribution in [0.15, 0.2) is 52.9 Å². The van der Waals surface area contributed by atoms with Gasteiger partial charge in [0.2, 0.25) is 0 Å². The van der Waals surface area contributed by atoms with E-state index in [1.165, 1.54) is 23.9 Å². The number of benzene rings is 1. The van der Waals surface area contributed by atoms with Crippen LogP contribution in [-0.2, 0) is 14.8 Å². The lowest BCUT2D eigenvalue weighted by molar-refractivity contribution is -0.122. The maximum atomic E-state index is 12.7. The molecule has 1 aliphatic rings. The van der Waals surface area contributed by atoms with Gasteiger partial charge in [0, 0.05) is 0 Å². The number of nitrogens with zero attached hydrogens (tertiary/aromatic N) is 2. The summed E-state index contributed by atoms with van der Waals surface area (Å²) >= 11 is 1.19. The van der Waals surface area contributed by atoms with Crippen molar-refractivity contribution in [3.05, 3.63) is 43.0 Å². The molecule has 0 saturated carbocycles. The highest BCUT2D eigenvalue weighted by atomic mass is 32.2. The zero-order valence-corrected chi connectivity index (χ0v) is 13.2. The van der Waals surface area contributed by atoms with Crippen LogP contribution >= 0.6 is 11.8 Å². The molecular weight excluding hydrogens is 308 g/mol. The van der Waals surface area contributed by atoms with Gasteiger partial charge in [-0.15, -0.1) is 6.58 Å². The summed E-state index contributed by atoms with van der Waals surface area (Å²) in [6, 6.07) is 7.91. The highest BCUT2D eigenvalue weighted by Gasteiger charge is 2.44. The molecule has 112 valence electrons. The van der Waals surface area contributed by atoms with Gasteiger partial charge < -0.3 is 0 Å². The number of carbonyl (C=O) groups is 1. The molecular formula is C14H16N2O3S2. The lowest BCUT2D eigenvalue weighted by Crippen LogP contribution is -2.37. The number of hydrogen-bond donors (Lipinski definition) is 0. The number of rotatable bonds is 5. The van der Waals surface area contributed by atoms with Gasteiger partial charge in [0.15, 0.2) is 5.17 Å². The Morgan fingerprint density at radius 2 is 2.05 bits per heavy atom. The second-order valence-electron chi connectivity index (χ2n) is 4.35. The zero-order valence-electron chi connectivity index (χ0n) is 11.6. The maximum Gasteiger partial charge on any atom is 0.272 e. The van der Waals surface area contributed by atoms with Gasteiger partial charge in [0.05, 0.1) is 16.7 Å². The summed E-state index contributed by atoms with van der Waals surface area (Å²) in [5, 5.41) is -0.192. The Morgan fingerprint density at radius 1 is 1.38 bits per heavy atom. The van der Waals surface area contributed by atoms with Gasteiger partial charge in [-0.25, -0.2) is 8.42 Å². The molecule has 0 spiro atoms. The molecule has 1 aliphatic heterocycles. The Morgan fingerprint density at radius 3 is 2.62 bits per heavy atom. The summed E-state index contributed by atoms with van der Waals surface area (Å²) in [5.41, 5.74) is 0. The normalized spacial score (nSPS) is 21.0. The molecule has 0 aliphatic carbocycles. The molecule has 0 bridgehead atoms. The first-order valence-corrected chi connectivity index (χ1v) is 8.80. The summed E-state index contributed by atoms with van der Waals surface area (Å²) < 4.78 is 26.2. The van der Waals surface area contributed by atoms with Crippen molar-refractivity contribution in [3.63, 3.8) is 0 Å². The highest BCUT2D eigenvalue weighted by molar-refractivity contribution is 8.17. The minimum Gasteiger partial charge on any atom is -0.272 e. The van der Waals surface area contributed by atoms with Crippen LogP contribution in [0.2, 0.25) is 0 Å². The molecule has 0 aromatic heterocycles. The second kappa shape index (κ2) is 6.44. The van der Waals surface area contributed by atoms with Crippen LogP contribution in [0.4, 0.5) is 0 Å². The van der Waals surface area contributed by atoms with E-state index < -0.39 is 21.2 Å². The number of amidine groups is 1. The van der Waals surface area contributed by atoms with E-state index >= 15 is 0 Å². The number of hydrogen-bond acceptors (Lipinski definition) is 5. The average molecular weight is 324 g/mol. The lowest BCUT2D eigenvalue weighted by atomic mass is 10.3. The van der Waals surface area contributed by atoms with E-state index in [0.717, 1.165) is 4.31 Å². The van der Waals surface area contributed by atoms with Crippen LogP contribution in [0.3, 0.4) is 0 Å². The van der Waals surface area contributed by atoms with Crippen LogP contribution < -0.4 is 0 Å². The smallest absolute Gasteiger partial charge is 0.272 e. The molecule has 7 heteroatoms. The average Bonchev–Trinajstić information content (AvgIpc) is 2.82. The maximum absolute atomic E-state index is 12.7. The first-order chi connectivity index (χ1) is 10.0. The van der Waals surface area contributed by atoms with E-state index in [2.05, 4.69) is 11.6 Å². The Bertz CT molecular complexity index is 669. The van der Waals surface area contributed by atoms with Crippen LogP contribution in [0.25, 0.3) is 0 Å². The van der Waals surface area contributed by atoms with Gasteiger partial charge in [0.1, 0.15) is 0 Å². The summed E-state index contributed by atoms with van der Waals surface area (Å²) in [6.45, 7) is 5.67. The molecule has 0 radical (unpaired) electrons. The van der Waals surface area contributed by atoms with Gasteiger partial charge in [-0.3, -0.25) is 9.79 Å². The highest BCUT2D eigenvalue weighted by Crippen LogP contribution is 2.33. The molecule has 1 fully saturated rings. The van der Waals surface area contributed by atoms with Crippen LogP contribution in [0, 0.1) is 0 Å². The number of amides is 1. The molecule has 1 saturated heterocycles. The topological polar surface area (TPSA) is 66.8 Å². The van der Waals surface area contributed by atoms with Gasteiger partial charge >= 0.3 is 0 Å². The summed E-state index contributed by atoms with van der Waals surface area (Å²) in [5.74, 6) is -0.436. The Hall–Kier alpha value is -1.60. The Kier molecular flexibility index (Phi) is 4.84. The van der Waals surface area contributed by atoms with Crippen molar-refractivity contribution in [2.45, 2.75) is 23.5 Å². The number of carbonyl (C=O) groups excluding carboxylic acids is 1. The van der Waals surface area contributed by atoms with Crippen LogP contribution in [0.1, 0.15) is 13.3 Å². The van der Waals surface area contributed by atoms with Crippen molar-refractivity contribution in [2.75, 3.05) is 6.54 Å². The fraction of sp³-hybridized carbons (Fsp3) is 0.286. The van der Waals surface area contributed by atoms with Crippen molar-refractivity contribution in [1.82, 2.24) is 4.31 Å². The molecule has 1 heterocycles. The van der Waals surface area contributed by atoms with E-state index in [4.69, 9.17) is 0 Å². The van der Waals surface area contributed by atoms with Crippen LogP contribution in [0.5, 0.6) is 0 Å². The monoisotopic (exact) mass is 324 g/mol. The van der Waals surface area contributed by atoms with Crippen LogP contribution in [-0.4, -0.2) is 35.6 Å². The summed E-state index contributed by atoms with van der Waals surface area (Å²) in [7, 11) is -3.91. The molecule has 1 aromatic carbocycles.